The predicted molar refractivity (Wildman–Crippen MR) is 101 cm³/mol. The van der Waals surface area contributed by atoms with Crippen LogP contribution in [0.5, 0.6) is 0 Å². The van der Waals surface area contributed by atoms with E-state index >= 15 is 0 Å². The van der Waals surface area contributed by atoms with Crippen molar-refractivity contribution in [3.8, 4) is 0 Å². The van der Waals surface area contributed by atoms with Crippen LogP contribution in [0.4, 0.5) is 5.69 Å². The number of benzene rings is 1. The molecule has 2 N–H and O–H groups in total. The Morgan fingerprint density at radius 1 is 1.20 bits per heavy atom. The number of anilines is 1. The summed E-state index contributed by atoms with van der Waals surface area (Å²) in [6.45, 7) is 2.50. The van der Waals surface area contributed by atoms with Crippen LogP contribution in [-0.4, -0.2) is 18.4 Å². The summed E-state index contributed by atoms with van der Waals surface area (Å²) in [7, 11) is 0. The van der Waals surface area contributed by atoms with Gasteiger partial charge in [0.05, 0.1) is 0 Å². The van der Waals surface area contributed by atoms with Crippen LogP contribution in [0.2, 0.25) is 5.02 Å². The zero-order valence-electron chi connectivity index (χ0n) is 14.7. The highest BCUT2D eigenvalue weighted by Gasteiger charge is 2.56. The fourth-order valence-electron chi connectivity index (χ4n) is 3.33. The van der Waals surface area contributed by atoms with Crippen molar-refractivity contribution in [1.82, 2.24) is 5.32 Å². The summed E-state index contributed by atoms with van der Waals surface area (Å²) in [5.74, 6) is -0.361. The highest BCUT2D eigenvalue weighted by molar-refractivity contribution is 6.30. The molecule has 0 heterocycles. The van der Waals surface area contributed by atoms with Gasteiger partial charge < -0.3 is 10.6 Å². The Bertz CT molecular complexity index is 708. The fraction of sp³-hybridized carbons (Fsp3) is 0.500. The van der Waals surface area contributed by atoms with Gasteiger partial charge in [0.1, 0.15) is 5.41 Å². The molecule has 1 saturated carbocycles. The summed E-state index contributed by atoms with van der Waals surface area (Å²) in [6.07, 6.45) is 9.20. The first kappa shape index (κ1) is 18.0. The van der Waals surface area contributed by atoms with Crippen LogP contribution < -0.4 is 10.6 Å². The van der Waals surface area contributed by atoms with E-state index in [9.17, 15) is 9.59 Å². The molecular weight excluding hydrogens is 336 g/mol. The normalized spacial score (nSPS) is 18.2. The first-order valence-corrected chi connectivity index (χ1v) is 9.43. The maximum Gasteiger partial charge on any atom is 0.240 e. The minimum atomic E-state index is -0.896. The molecule has 0 spiro atoms. The zero-order chi connectivity index (χ0) is 17.9. The molecule has 0 aliphatic heterocycles. The second kappa shape index (κ2) is 7.61. The van der Waals surface area contributed by atoms with Crippen molar-refractivity contribution in [2.75, 3.05) is 11.9 Å². The number of nitrogens with one attached hydrogen (secondary N) is 2. The summed E-state index contributed by atoms with van der Waals surface area (Å²) in [5.41, 5.74) is 2.13. The van der Waals surface area contributed by atoms with Gasteiger partial charge in [-0.1, -0.05) is 23.3 Å². The lowest BCUT2D eigenvalue weighted by atomic mass is 9.97. The number of carbonyl (C=O) groups is 2. The SMILES string of the molecule is Cc1cc(Cl)ccc1NC(=O)C1(C(=O)NCCC2=CCCCC2)CC1. The molecule has 2 amide bonds. The summed E-state index contributed by atoms with van der Waals surface area (Å²) >= 11 is 5.95. The second-order valence-corrected chi connectivity index (χ2v) is 7.55. The standard InChI is InChI=1S/C20H25ClN2O2/c1-14-13-16(21)7-8-17(14)23-19(25)20(10-11-20)18(24)22-12-9-15-5-3-2-4-6-15/h5,7-8,13H,2-4,6,9-12H2,1H3,(H,22,24)(H,23,25). The number of carbonyl (C=O) groups excluding carboxylic acids is 2. The van der Waals surface area contributed by atoms with Gasteiger partial charge in [0.2, 0.25) is 11.8 Å². The molecule has 0 unspecified atom stereocenters. The minimum absolute atomic E-state index is 0.145. The Labute approximate surface area is 154 Å². The Morgan fingerprint density at radius 3 is 2.64 bits per heavy atom. The Kier molecular flexibility index (Phi) is 5.48. The number of rotatable bonds is 6. The number of allylic oxidation sites excluding steroid dienone is 1. The van der Waals surface area contributed by atoms with Crippen molar-refractivity contribution in [2.45, 2.75) is 51.9 Å². The Balaban J connectivity index is 1.54. The third-order valence-electron chi connectivity index (χ3n) is 5.17. The smallest absolute Gasteiger partial charge is 0.240 e. The fourth-order valence-corrected chi connectivity index (χ4v) is 3.56. The van der Waals surface area contributed by atoms with Crippen LogP contribution in [0.1, 0.15) is 50.5 Å². The van der Waals surface area contributed by atoms with Crippen LogP contribution in [0.15, 0.2) is 29.8 Å². The van der Waals surface area contributed by atoms with E-state index in [1.807, 2.05) is 6.92 Å². The van der Waals surface area contributed by atoms with Crippen molar-refractivity contribution >= 4 is 29.1 Å². The average molecular weight is 361 g/mol. The third kappa shape index (κ3) is 4.24. The maximum absolute atomic E-state index is 12.6. The maximum atomic E-state index is 12.6. The van der Waals surface area contributed by atoms with E-state index in [-0.39, 0.29) is 11.8 Å². The van der Waals surface area contributed by atoms with Crippen LogP contribution in [-0.2, 0) is 9.59 Å². The molecular formula is C20H25ClN2O2. The minimum Gasteiger partial charge on any atom is -0.355 e. The molecule has 0 atom stereocenters. The van der Waals surface area contributed by atoms with E-state index < -0.39 is 5.41 Å². The van der Waals surface area contributed by atoms with Gasteiger partial charge in [0.25, 0.3) is 0 Å². The van der Waals surface area contributed by atoms with E-state index in [0.717, 1.165) is 24.8 Å². The van der Waals surface area contributed by atoms with Crippen molar-refractivity contribution in [3.63, 3.8) is 0 Å². The summed E-state index contributed by atoms with van der Waals surface area (Å²) in [5, 5.41) is 6.48. The molecule has 5 heteroatoms. The number of amides is 2. The summed E-state index contributed by atoms with van der Waals surface area (Å²) in [4.78, 5) is 25.2. The largest absolute Gasteiger partial charge is 0.355 e. The molecule has 4 nitrogen and oxygen atoms in total. The molecule has 3 rings (SSSR count). The predicted octanol–water partition coefficient (Wildman–Crippen LogP) is 4.37. The van der Waals surface area contributed by atoms with Gasteiger partial charge in [-0.15, -0.1) is 0 Å². The molecule has 1 fully saturated rings. The van der Waals surface area contributed by atoms with E-state index in [2.05, 4.69) is 16.7 Å². The van der Waals surface area contributed by atoms with Crippen LogP contribution >= 0.6 is 11.6 Å². The lowest BCUT2D eigenvalue weighted by Crippen LogP contribution is -2.40. The molecule has 134 valence electrons. The quantitative estimate of drug-likeness (QED) is 0.584. The van der Waals surface area contributed by atoms with Crippen molar-refractivity contribution < 1.29 is 9.59 Å². The van der Waals surface area contributed by atoms with Gasteiger partial charge in [-0.05, 0) is 75.6 Å². The zero-order valence-corrected chi connectivity index (χ0v) is 15.4. The number of hydrogen-bond acceptors (Lipinski definition) is 2. The van der Waals surface area contributed by atoms with E-state index in [1.54, 1.807) is 18.2 Å². The monoisotopic (exact) mass is 360 g/mol. The number of halogens is 1. The molecule has 25 heavy (non-hydrogen) atoms. The van der Waals surface area contributed by atoms with Crippen LogP contribution in [0.25, 0.3) is 0 Å². The molecule has 2 aliphatic rings. The van der Waals surface area contributed by atoms with Crippen LogP contribution in [0, 0.1) is 12.3 Å². The number of hydrogen-bond donors (Lipinski definition) is 2. The van der Waals surface area contributed by atoms with Gasteiger partial charge in [-0.2, -0.15) is 0 Å². The molecule has 0 saturated heterocycles. The Morgan fingerprint density at radius 2 is 2.00 bits per heavy atom. The van der Waals surface area contributed by atoms with Crippen molar-refractivity contribution in [1.29, 1.82) is 0 Å². The van der Waals surface area contributed by atoms with Crippen LogP contribution in [0.3, 0.4) is 0 Å². The van der Waals surface area contributed by atoms with E-state index in [0.29, 0.717) is 30.1 Å². The summed E-state index contributed by atoms with van der Waals surface area (Å²) < 4.78 is 0. The summed E-state index contributed by atoms with van der Waals surface area (Å²) in [6, 6.07) is 5.31. The van der Waals surface area contributed by atoms with Gasteiger partial charge in [0.15, 0.2) is 0 Å². The second-order valence-electron chi connectivity index (χ2n) is 7.11. The van der Waals surface area contributed by atoms with E-state index in [4.69, 9.17) is 11.6 Å². The molecule has 2 aliphatic carbocycles. The molecule has 1 aromatic carbocycles. The van der Waals surface area contributed by atoms with Gasteiger partial charge in [0, 0.05) is 17.3 Å². The molecule has 1 aromatic rings. The topological polar surface area (TPSA) is 58.2 Å². The average Bonchev–Trinajstić information content (AvgIpc) is 3.40. The lowest BCUT2D eigenvalue weighted by molar-refractivity contribution is -0.134. The molecule has 0 bridgehead atoms. The number of aryl methyl sites for hydroxylation is 1. The van der Waals surface area contributed by atoms with Gasteiger partial charge >= 0.3 is 0 Å². The highest BCUT2D eigenvalue weighted by Crippen LogP contribution is 2.47. The first-order chi connectivity index (χ1) is 12.0. The van der Waals surface area contributed by atoms with Gasteiger partial charge in [-0.3, -0.25) is 9.59 Å². The van der Waals surface area contributed by atoms with Crippen molar-refractivity contribution in [2.24, 2.45) is 5.41 Å². The van der Waals surface area contributed by atoms with E-state index in [1.165, 1.54) is 18.4 Å². The van der Waals surface area contributed by atoms with Crippen molar-refractivity contribution in [3.05, 3.63) is 40.4 Å². The Hall–Kier alpha value is -1.81. The molecule has 0 radical (unpaired) electrons. The molecule has 0 aromatic heterocycles. The highest BCUT2D eigenvalue weighted by atomic mass is 35.5. The van der Waals surface area contributed by atoms with Gasteiger partial charge in [-0.25, -0.2) is 0 Å². The first-order valence-electron chi connectivity index (χ1n) is 9.05. The third-order valence-corrected chi connectivity index (χ3v) is 5.41. The lowest BCUT2D eigenvalue weighted by Gasteiger charge is -2.17.